The summed E-state index contributed by atoms with van der Waals surface area (Å²) in [6, 6.07) is 6.42. The average molecular weight is 375 g/mol. The van der Waals surface area contributed by atoms with Gasteiger partial charge in [-0.2, -0.15) is 5.26 Å². The Labute approximate surface area is 151 Å². The van der Waals surface area contributed by atoms with Crippen LogP contribution in [0.2, 0.25) is 5.02 Å². The number of amides is 1. The summed E-state index contributed by atoms with van der Waals surface area (Å²) in [5.74, 6) is -1.04. The number of carbonyl (C=O) groups is 2. The van der Waals surface area contributed by atoms with Gasteiger partial charge in [-0.05, 0) is 18.2 Å². The number of anilines is 1. The molecule has 0 atom stereocenters. The molecule has 0 bridgehead atoms. The number of thiazole rings is 1. The van der Waals surface area contributed by atoms with Crippen molar-refractivity contribution in [3.05, 3.63) is 52.3 Å². The number of carbonyl (C=O) groups excluding carboxylic acids is 2. The number of rotatable bonds is 5. The van der Waals surface area contributed by atoms with Gasteiger partial charge in [0.1, 0.15) is 6.07 Å². The van der Waals surface area contributed by atoms with Gasteiger partial charge < -0.3 is 10.1 Å². The topological polar surface area (TPSA) is 96.5 Å². The number of ether oxygens (including phenoxy) is 1. The lowest BCUT2D eigenvalue weighted by Crippen LogP contribution is -2.21. The first-order valence-corrected chi connectivity index (χ1v) is 8.37. The molecule has 126 valence electrons. The Morgan fingerprint density at radius 3 is 3.00 bits per heavy atom. The van der Waals surface area contributed by atoms with Crippen molar-refractivity contribution in [3.63, 3.8) is 0 Å². The van der Waals surface area contributed by atoms with Gasteiger partial charge in [-0.3, -0.25) is 14.0 Å². The molecule has 0 saturated carbocycles. The van der Waals surface area contributed by atoms with E-state index in [0.717, 1.165) is 4.96 Å². The second-order valence-electron chi connectivity index (χ2n) is 5.02. The SMILES string of the molecule is N#Cc1ccc(NC(=O)COC(=O)Cc2cn3ccsc3n2)cc1Cl. The lowest BCUT2D eigenvalue weighted by molar-refractivity contribution is -0.146. The van der Waals surface area contributed by atoms with Crippen LogP contribution >= 0.6 is 22.9 Å². The van der Waals surface area contributed by atoms with Crippen LogP contribution in [0.3, 0.4) is 0 Å². The molecule has 0 aliphatic heterocycles. The normalized spacial score (nSPS) is 10.4. The van der Waals surface area contributed by atoms with Crippen molar-refractivity contribution in [3.8, 4) is 6.07 Å². The van der Waals surface area contributed by atoms with Gasteiger partial charge >= 0.3 is 5.97 Å². The molecule has 3 aromatic rings. The van der Waals surface area contributed by atoms with Gasteiger partial charge in [-0.15, -0.1) is 11.3 Å². The maximum atomic E-state index is 11.8. The molecule has 25 heavy (non-hydrogen) atoms. The molecule has 1 aromatic carbocycles. The number of imidazole rings is 1. The summed E-state index contributed by atoms with van der Waals surface area (Å²) >= 11 is 7.35. The first-order chi connectivity index (χ1) is 12.0. The number of hydrogen-bond donors (Lipinski definition) is 1. The van der Waals surface area contributed by atoms with Crippen molar-refractivity contribution < 1.29 is 14.3 Å². The Morgan fingerprint density at radius 2 is 2.28 bits per heavy atom. The van der Waals surface area contributed by atoms with E-state index < -0.39 is 18.5 Å². The molecule has 1 N–H and O–H groups in total. The maximum absolute atomic E-state index is 11.8. The molecule has 0 fully saturated rings. The number of benzene rings is 1. The molecule has 7 nitrogen and oxygen atoms in total. The second-order valence-corrected chi connectivity index (χ2v) is 6.30. The molecule has 0 spiro atoms. The standard InChI is InChI=1S/C16H11ClN4O3S/c17-13-5-11(2-1-10(13)7-18)19-14(22)9-24-15(23)6-12-8-21-3-4-25-16(21)20-12/h1-5,8H,6,9H2,(H,19,22). The Morgan fingerprint density at radius 1 is 1.44 bits per heavy atom. The van der Waals surface area contributed by atoms with Crippen molar-refractivity contribution in [2.24, 2.45) is 0 Å². The summed E-state index contributed by atoms with van der Waals surface area (Å²) in [5, 5.41) is 13.5. The third-order valence-electron chi connectivity index (χ3n) is 3.21. The van der Waals surface area contributed by atoms with E-state index in [0.29, 0.717) is 16.9 Å². The Kier molecular flexibility index (Phi) is 4.97. The van der Waals surface area contributed by atoms with E-state index >= 15 is 0 Å². The van der Waals surface area contributed by atoms with E-state index in [2.05, 4.69) is 10.3 Å². The fourth-order valence-electron chi connectivity index (χ4n) is 2.09. The molecule has 0 radical (unpaired) electrons. The van der Waals surface area contributed by atoms with Gasteiger partial charge in [0.15, 0.2) is 11.6 Å². The number of nitrogens with zero attached hydrogens (tertiary/aromatic N) is 3. The van der Waals surface area contributed by atoms with Gasteiger partial charge in [-0.25, -0.2) is 4.98 Å². The number of hydrogen-bond acceptors (Lipinski definition) is 6. The fourth-order valence-corrected chi connectivity index (χ4v) is 3.03. The second kappa shape index (κ2) is 7.34. The van der Waals surface area contributed by atoms with Crippen LogP contribution < -0.4 is 5.32 Å². The lowest BCUT2D eigenvalue weighted by atomic mass is 10.2. The first kappa shape index (κ1) is 17.0. The first-order valence-electron chi connectivity index (χ1n) is 7.11. The number of nitrogens with one attached hydrogen (secondary N) is 1. The summed E-state index contributed by atoms with van der Waals surface area (Å²) in [7, 11) is 0. The van der Waals surface area contributed by atoms with Crippen LogP contribution in [-0.2, 0) is 20.7 Å². The molecule has 0 aliphatic carbocycles. The number of fused-ring (bicyclic) bond motifs is 1. The van der Waals surface area contributed by atoms with Gasteiger partial charge in [0.25, 0.3) is 5.91 Å². The van der Waals surface area contributed by atoms with E-state index in [4.69, 9.17) is 21.6 Å². The van der Waals surface area contributed by atoms with Crippen molar-refractivity contribution in [2.75, 3.05) is 11.9 Å². The third-order valence-corrected chi connectivity index (χ3v) is 4.29. The van der Waals surface area contributed by atoms with E-state index in [1.807, 2.05) is 22.0 Å². The quantitative estimate of drug-likeness (QED) is 0.692. The van der Waals surface area contributed by atoms with Crippen molar-refractivity contribution >= 4 is 45.5 Å². The van der Waals surface area contributed by atoms with Gasteiger partial charge in [0.05, 0.1) is 22.7 Å². The third kappa shape index (κ3) is 4.15. The van der Waals surface area contributed by atoms with E-state index in [1.54, 1.807) is 12.3 Å². The van der Waals surface area contributed by atoms with E-state index in [9.17, 15) is 9.59 Å². The summed E-state index contributed by atoms with van der Waals surface area (Å²) < 4.78 is 6.76. The molecule has 2 aromatic heterocycles. The van der Waals surface area contributed by atoms with Crippen LogP contribution in [0, 0.1) is 11.3 Å². The number of aromatic nitrogens is 2. The van der Waals surface area contributed by atoms with Gasteiger partial charge in [-0.1, -0.05) is 11.6 Å². The van der Waals surface area contributed by atoms with Crippen molar-refractivity contribution in [1.82, 2.24) is 9.38 Å². The molecule has 1 amide bonds. The van der Waals surface area contributed by atoms with Gasteiger partial charge in [0.2, 0.25) is 0 Å². The Hall–Kier alpha value is -2.89. The highest BCUT2D eigenvalue weighted by atomic mass is 35.5. The predicted molar refractivity (Wildman–Crippen MR) is 92.5 cm³/mol. The highest BCUT2D eigenvalue weighted by molar-refractivity contribution is 7.15. The number of halogens is 1. The summed E-state index contributed by atoms with van der Waals surface area (Å²) in [5.41, 5.74) is 1.31. The van der Waals surface area contributed by atoms with Crippen LogP contribution in [0.5, 0.6) is 0 Å². The van der Waals surface area contributed by atoms with Crippen LogP contribution in [0.25, 0.3) is 4.96 Å². The number of nitriles is 1. The van der Waals surface area contributed by atoms with Crippen LogP contribution in [0.1, 0.15) is 11.3 Å². The molecule has 0 saturated heterocycles. The average Bonchev–Trinajstić information content (AvgIpc) is 3.14. The van der Waals surface area contributed by atoms with Crippen LogP contribution in [-0.4, -0.2) is 27.9 Å². The van der Waals surface area contributed by atoms with Crippen LogP contribution in [0.15, 0.2) is 36.0 Å². The predicted octanol–water partition coefficient (Wildman–Crippen LogP) is 2.65. The smallest absolute Gasteiger partial charge is 0.312 e. The summed E-state index contributed by atoms with van der Waals surface area (Å²) in [4.78, 5) is 28.7. The number of esters is 1. The largest absolute Gasteiger partial charge is 0.455 e. The molecule has 3 rings (SSSR count). The molecular weight excluding hydrogens is 364 g/mol. The lowest BCUT2D eigenvalue weighted by Gasteiger charge is -2.07. The summed E-state index contributed by atoms with van der Waals surface area (Å²) in [6.07, 6.45) is 3.58. The molecule has 2 heterocycles. The Balaban J connectivity index is 1.49. The molecular formula is C16H11ClN4O3S. The van der Waals surface area contributed by atoms with Gasteiger partial charge in [0, 0.05) is 23.5 Å². The Bertz CT molecular complexity index is 960. The monoisotopic (exact) mass is 374 g/mol. The molecule has 9 heteroatoms. The molecule has 0 unspecified atom stereocenters. The van der Waals surface area contributed by atoms with Crippen LogP contribution in [0.4, 0.5) is 5.69 Å². The minimum absolute atomic E-state index is 0.00955. The minimum atomic E-state index is -0.543. The van der Waals surface area contributed by atoms with E-state index in [-0.39, 0.29) is 11.4 Å². The van der Waals surface area contributed by atoms with Crippen molar-refractivity contribution in [1.29, 1.82) is 5.26 Å². The highest BCUT2D eigenvalue weighted by Gasteiger charge is 2.12. The van der Waals surface area contributed by atoms with E-state index in [1.165, 1.54) is 23.5 Å². The highest BCUT2D eigenvalue weighted by Crippen LogP contribution is 2.20. The zero-order chi connectivity index (χ0) is 17.8. The zero-order valence-electron chi connectivity index (χ0n) is 12.7. The summed E-state index contributed by atoms with van der Waals surface area (Å²) in [6.45, 7) is -0.418. The van der Waals surface area contributed by atoms with Crippen molar-refractivity contribution in [2.45, 2.75) is 6.42 Å². The maximum Gasteiger partial charge on any atom is 0.312 e. The fraction of sp³-hybridized carbons (Fsp3) is 0.125. The molecule has 0 aliphatic rings. The zero-order valence-corrected chi connectivity index (χ0v) is 14.3. The minimum Gasteiger partial charge on any atom is -0.455 e.